The molecule has 0 saturated heterocycles. The number of hydrogen-bond acceptors (Lipinski definition) is 2. The quantitative estimate of drug-likeness (QED) is 0.129. The third-order valence-electron chi connectivity index (χ3n) is 12.6. The van der Waals surface area contributed by atoms with Gasteiger partial charge in [-0.3, -0.25) is 0 Å². The molecule has 0 aliphatic heterocycles. The average Bonchev–Trinajstić information content (AvgIpc) is 3.86. The van der Waals surface area contributed by atoms with Gasteiger partial charge in [0.15, 0.2) is 0 Å². The van der Waals surface area contributed by atoms with Gasteiger partial charge in [-0.2, -0.15) is 0 Å². The first-order valence-electron chi connectivity index (χ1n) is 21.2. The molecule has 0 saturated carbocycles. The lowest BCUT2D eigenvalue weighted by atomic mass is 9.95. The van der Waals surface area contributed by atoms with Crippen molar-refractivity contribution in [3.05, 3.63) is 218 Å². The predicted octanol–water partition coefficient (Wildman–Crippen LogP) is 15.1. The van der Waals surface area contributed by atoms with Gasteiger partial charge in [0.1, 0.15) is 0 Å². The van der Waals surface area contributed by atoms with E-state index in [1.165, 1.54) is 54.7 Å². The van der Waals surface area contributed by atoms with E-state index >= 15 is 0 Å². The van der Waals surface area contributed by atoms with Gasteiger partial charge in [0, 0.05) is 60.2 Å². The van der Waals surface area contributed by atoms with Crippen LogP contribution in [0.4, 0.5) is 0 Å². The normalized spacial score (nSPS) is 11.9. The van der Waals surface area contributed by atoms with E-state index in [1.54, 1.807) is 0 Å². The van der Waals surface area contributed by atoms with Crippen LogP contribution < -0.4 is 0 Å². The van der Waals surface area contributed by atoms with Crippen LogP contribution in [-0.4, -0.2) is 19.1 Å². The molecule has 9 aromatic carbocycles. The lowest BCUT2D eigenvalue weighted by molar-refractivity contribution is 1.13. The monoisotopic (exact) mass is 788 g/mol. The summed E-state index contributed by atoms with van der Waals surface area (Å²) >= 11 is 0. The highest BCUT2D eigenvalue weighted by atomic mass is 15.0. The number of pyridine rings is 2. The van der Waals surface area contributed by atoms with Gasteiger partial charge in [-0.1, -0.05) is 158 Å². The summed E-state index contributed by atoms with van der Waals surface area (Å²) < 4.78 is 4.84. The zero-order chi connectivity index (χ0) is 40.7. The van der Waals surface area contributed by atoms with Crippen molar-refractivity contribution in [2.24, 2.45) is 0 Å². The zero-order valence-electron chi connectivity index (χ0n) is 33.6. The van der Waals surface area contributed by atoms with Gasteiger partial charge in [-0.05, 0) is 77.4 Å². The van der Waals surface area contributed by atoms with Crippen molar-refractivity contribution < 1.29 is 0 Å². The van der Waals surface area contributed by atoms with Gasteiger partial charge in [-0.15, -0.1) is 0 Å². The Morgan fingerprint density at radius 2 is 0.790 bits per heavy atom. The topological polar surface area (TPSA) is 35.6 Å². The fraction of sp³-hybridized carbons (Fsp3) is 0. The molecule has 4 heterocycles. The molecule has 0 aliphatic rings. The van der Waals surface area contributed by atoms with E-state index in [-0.39, 0.29) is 0 Å². The number of nitrogens with zero attached hydrogens (tertiary/aromatic N) is 4. The third kappa shape index (κ3) is 5.27. The Hall–Kier alpha value is -8.34. The van der Waals surface area contributed by atoms with Gasteiger partial charge < -0.3 is 9.13 Å². The lowest BCUT2D eigenvalue weighted by Gasteiger charge is -2.16. The van der Waals surface area contributed by atoms with Crippen LogP contribution in [0.5, 0.6) is 0 Å². The van der Waals surface area contributed by atoms with Crippen LogP contribution in [-0.2, 0) is 0 Å². The highest BCUT2D eigenvalue weighted by molar-refractivity contribution is 6.16. The van der Waals surface area contributed by atoms with Crippen molar-refractivity contribution in [1.82, 2.24) is 19.1 Å². The molecule has 0 aliphatic carbocycles. The van der Waals surface area contributed by atoms with Crippen molar-refractivity contribution >= 4 is 76.3 Å². The van der Waals surface area contributed by atoms with E-state index in [0.717, 1.165) is 66.5 Å². The van der Waals surface area contributed by atoms with E-state index < -0.39 is 0 Å². The fourth-order valence-electron chi connectivity index (χ4n) is 9.89. The summed E-state index contributed by atoms with van der Waals surface area (Å²) in [6, 6.07) is 78.6. The number of benzene rings is 9. The minimum atomic E-state index is 0.898. The first-order chi connectivity index (χ1) is 30.7. The van der Waals surface area contributed by atoms with Crippen LogP contribution in [0.3, 0.4) is 0 Å². The Kier molecular flexibility index (Phi) is 7.57. The van der Waals surface area contributed by atoms with Crippen LogP contribution in [0, 0.1) is 0 Å². The minimum Gasteiger partial charge on any atom is -0.309 e. The highest BCUT2D eigenvalue weighted by Crippen LogP contribution is 2.40. The van der Waals surface area contributed by atoms with Crippen molar-refractivity contribution in [3.8, 4) is 44.9 Å². The lowest BCUT2D eigenvalue weighted by Crippen LogP contribution is -2.00. The maximum atomic E-state index is 5.43. The van der Waals surface area contributed by atoms with Crippen molar-refractivity contribution in [1.29, 1.82) is 0 Å². The number of aromatic nitrogens is 4. The molecule has 62 heavy (non-hydrogen) atoms. The first-order valence-corrected chi connectivity index (χ1v) is 21.2. The number of hydrogen-bond donors (Lipinski definition) is 0. The van der Waals surface area contributed by atoms with Crippen molar-refractivity contribution in [2.45, 2.75) is 0 Å². The van der Waals surface area contributed by atoms with E-state index in [2.05, 4.69) is 228 Å². The molecule has 0 radical (unpaired) electrons. The van der Waals surface area contributed by atoms with E-state index in [9.17, 15) is 0 Å². The van der Waals surface area contributed by atoms with E-state index in [1.807, 2.05) is 0 Å². The van der Waals surface area contributed by atoms with Gasteiger partial charge in [0.05, 0.1) is 44.3 Å². The summed E-state index contributed by atoms with van der Waals surface area (Å²) in [4.78, 5) is 10.7. The minimum absolute atomic E-state index is 0.898. The molecule has 4 aromatic heterocycles. The smallest absolute Gasteiger partial charge is 0.0978 e. The molecule has 0 fully saturated rings. The summed E-state index contributed by atoms with van der Waals surface area (Å²) in [5.41, 5.74) is 16.2. The number of para-hydroxylation sites is 5. The molecule has 0 bridgehead atoms. The summed E-state index contributed by atoms with van der Waals surface area (Å²) in [5, 5.41) is 8.25. The fourth-order valence-corrected chi connectivity index (χ4v) is 9.89. The van der Waals surface area contributed by atoms with Gasteiger partial charge >= 0.3 is 0 Å². The van der Waals surface area contributed by atoms with Crippen LogP contribution in [0.2, 0.25) is 0 Å². The number of rotatable bonds is 5. The molecule has 0 spiro atoms. The SMILES string of the molecule is c1ccc(-c2c3ccccc3nc3c2ccc2ccc(-c4cccc(-c5cc(-n6c7ccccc7c7ccccc76)cc(-n6c7ccccc7c7ccccc76)c5)c4)nc23)cc1. The molecule has 13 rings (SSSR count). The first kappa shape index (κ1) is 34.5. The molecule has 4 nitrogen and oxygen atoms in total. The van der Waals surface area contributed by atoms with E-state index in [0.29, 0.717) is 0 Å². The standard InChI is InChI=1S/C58H36N4/c1-2-15-37(16-3-1)56-48-23-4-9-24-51(48)60-58-49(56)31-29-38-30-32-50(59-57(38)58)40-18-14-17-39(33-40)41-34-42(61-52-25-10-5-19-44(52)45-20-6-11-26-53(45)61)36-43(35-41)62-54-27-12-7-21-46(54)47-22-8-13-28-55(47)62/h1-36H. The number of fused-ring (bicyclic) bond motifs is 10. The average molecular weight is 789 g/mol. The second kappa shape index (κ2) is 13.6. The largest absolute Gasteiger partial charge is 0.309 e. The maximum absolute atomic E-state index is 5.43. The molecule has 0 unspecified atom stereocenters. The Labute approximate surface area is 357 Å². The summed E-state index contributed by atoms with van der Waals surface area (Å²) in [7, 11) is 0. The van der Waals surface area contributed by atoms with Gasteiger partial charge in [0.2, 0.25) is 0 Å². The molecular weight excluding hydrogens is 753 g/mol. The molecule has 288 valence electrons. The summed E-state index contributed by atoms with van der Waals surface area (Å²) in [6.07, 6.45) is 0. The van der Waals surface area contributed by atoms with Gasteiger partial charge in [-0.25, -0.2) is 9.97 Å². The zero-order valence-corrected chi connectivity index (χ0v) is 33.6. The second-order valence-corrected chi connectivity index (χ2v) is 16.2. The molecule has 0 N–H and O–H groups in total. The molecular formula is C58H36N4. The second-order valence-electron chi connectivity index (χ2n) is 16.2. The Bertz CT molecular complexity index is 3690. The molecule has 13 aromatic rings. The van der Waals surface area contributed by atoms with Crippen LogP contribution in [0.25, 0.3) is 121 Å². The van der Waals surface area contributed by atoms with Crippen molar-refractivity contribution in [2.75, 3.05) is 0 Å². The Balaban J connectivity index is 1.03. The Morgan fingerprint density at radius 3 is 1.40 bits per heavy atom. The molecule has 0 amide bonds. The maximum Gasteiger partial charge on any atom is 0.0978 e. The van der Waals surface area contributed by atoms with Crippen LogP contribution >= 0.6 is 0 Å². The van der Waals surface area contributed by atoms with Crippen molar-refractivity contribution in [3.63, 3.8) is 0 Å². The summed E-state index contributed by atoms with van der Waals surface area (Å²) in [5.74, 6) is 0. The van der Waals surface area contributed by atoms with Crippen LogP contribution in [0.1, 0.15) is 0 Å². The third-order valence-corrected chi connectivity index (χ3v) is 12.6. The Morgan fingerprint density at radius 1 is 0.290 bits per heavy atom. The van der Waals surface area contributed by atoms with Gasteiger partial charge in [0.25, 0.3) is 0 Å². The van der Waals surface area contributed by atoms with Crippen LogP contribution in [0.15, 0.2) is 218 Å². The molecule has 0 atom stereocenters. The predicted molar refractivity (Wildman–Crippen MR) is 260 cm³/mol. The van der Waals surface area contributed by atoms with E-state index in [4.69, 9.17) is 9.97 Å². The summed E-state index contributed by atoms with van der Waals surface area (Å²) in [6.45, 7) is 0. The molecule has 4 heteroatoms. The highest BCUT2D eigenvalue weighted by Gasteiger charge is 2.19.